The Balaban J connectivity index is 1.32. The summed E-state index contributed by atoms with van der Waals surface area (Å²) in [6.07, 6.45) is 1.76. The third-order valence-electron chi connectivity index (χ3n) is 6.03. The zero-order valence-electron chi connectivity index (χ0n) is 16.7. The minimum atomic E-state index is -0.567. The van der Waals surface area contributed by atoms with Crippen LogP contribution in [0, 0.1) is 5.92 Å². The molecule has 0 aliphatic carbocycles. The van der Waals surface area contributed by atoms with Crippen molar-refractivity contribution in [3.63, 3.8) is 0 Å². The van der Waals surface area contributed by atoms with Gasteiger partial charge in [-0.15, -0.1) is 0 Å². The molecule has 4 rings (SSSR count). The van der Waals surface area contributed by atoms with Gasteiger partial charge in [0.1, 0.15) is 6.04 Å². The van der Waals surface area contributed by atoms with Gasteiger partial charge in [-0.1, -0.05) is 12.1 Å². The highest BCUT2D eigenvalue weighted by Crippen LogP contribution is 2.28. The van der Waals surface area contributed by atoms with Gasteiger partial charge < -0.3 is 20.3 Å². The van der Waals surface area contributed by atoms with E-state index in [4.69, 9.17) is 4.74 Å². The van der Waals surface area contributed by atoms with E-state index in [9.17, 15) is 14.4 Å². The molecule has 0 radical (unpaired) electrons. The number of hydrogen-bond donors (Lipinski definition) is 3. The molecule has 3 amide bonds. The SMILES string of the molecule is COC[C@@H]1CN[C@H](CNCc2ccc3c(c2)C(=O)N(C2CCC(=O)NC2=O)C3)C1. The van der Waals surface area contributed by atoms with Crippen molar-refractivity contribution < 1.29 is 19.1 Å². The molecule has 0 bridgehead atoms. The average molecular weight is 400 g/mol. The topological polar surface area (TPSA) is 99.8 Å². The molecule has 1 aromatic carbocycles. The minimum Gasteiger partial charge on any atom is -0.384 e. The number of benzene rings is 1. The lowest BCUT2D eigenvalue weighted by Gasteiger charge is -2.29. The van der Waals surface area contributed by atoms with Gasteiger partial charge in [0.05, 0.1) is 6.61 Å². The Morgan fingerprint density at radius 3 is 2.93 bits per heavy atom. The van der Waals surface area contributed by atoms with Crippen LogP contribution in [0.1, 0.15) is 40.7 Å². The Hall–Kier alpha value is -2.29. The predicted octanol–water partition coefficient (Wildman–Crippen LogP) is 0.162. The van der Waals surface area contributed by atoms with Gasteiger partial charge in [-0.2, -0.15) is 0 Å². The molecule has 0 spiro atoms. The van der Waals surface area contributed by atoms with Crippen molar-refractivity contribution in [1.29, 1.82) is 0 Å². The molecular weight excluding hydrogens is 372 g/mol. The van der Waals surface area contributed by atoms with Crippen LogP contribution in [0.3, 0.4) is 0 Å². The summed E-state index contributed by atoms with van der Waals surface area (Å²) in [5, 5.41) is 9.31. The van der Waals surface area contributed by atoms with Crippen LogP contribution >= 0.6 is 0 Å². The maximum absolute atomic E-state index is 12.9. The summed E-state index contributed by atoms with van der Waals surface area (Å²) in [5.74, 6) is -0.201. The summed E-state index contributed by atoms with van der Waals surface area (Å²) in [7, 11) is 1.74. The number of carbonyl (C=O) groups excluding carboxylic acids is 3. The Labute approximate surface area is 170 Å². The number of imide groups is 1. The first kappa shape index (κ1) is 20.0. The molecule has 3 aliphatic heterocycles. The van der Waals surface area contributed by atoms with Crippen molar-refractivity contribution in [2.45, 2.75) is 44.4 Å². The van der Waals surface area contributed by atoms with Crippen molar-refractivity contribution in [2.24, 2.45) is 5.92 Å². The van der Waals surface area contributed by atoms with Gasteiger partial charge in [-0.05, 0) is 36.0 Å². The van der Waals surface area contributed by atoms with Crippen LogP contribution in [0.25, 0.3) is 0 Å². The maximum Gasteiger partial charge on any atom is 0.255 e. The lowest BCUT2D eigenvalue weighted by atomic mass is 10.0. The molecule has 3 N–H and O–H groups in total. The number of fused-ring (bicyclic) bond motifs is 1. The third kappa shape index (κ3) is 4.34. The average Bonchev–Trinajstić information content (AvgIpc) is 3.27. The number of carbonyl (C=O) groups is 3. The first-order chi connectivity index (χ1) is 14.0. The van der Waals surface area contributed by atoms with E-state index in [0.717, 1.165) is 37.2 Å². The monoisotopic (exact) mass is 400 g/mol. The Morgan fingerprint density at radius 1 is 1.28 bits per heavy atom. The smallest absolute Gasteiger partial charge is 0.255 e. The number of nitrogens with zero attached hydrogens (tertiary/aromatic N) is 1. The van der Waals surface area contributed by atoms with Crippen LogP contribution in [0.15, 0.2) is 18.2 Å². The van der Waals surface area contributed by atoms with E-state index in [2.05, 4.69) is 16.0 Å². The molecule has 3 aliphatic rings. The summed E-state index contributed by atoms with van der Waals surface area (Å²) in [4.78, 5) is 38.0. The van der Waals surface area contributed by atoms with Crippen molar-refractivity contribution in [3.8, 4) is 0 Å². The van der Waals surface area contributed by atoms with E-state index in [1.807, 2.05) is 18.2 Å². The normalized spacial score (nSPS) is 26.7. The van der Waals surface area contributed by atoms with Crippen LogP contribution in [0.4, 0.5) is 0 Å². The fourth-order valence-corrected chi connectivity index (χ4v) is 4.52. The number of nitrogens with one attached hydrogen (secondary N) is 3. The van der Waals surface area contributed by atoms with Crippen LogP contribution in [0.2, 0.25) is 0 Å². The van der Waals surface area contributed by atoms with Gasteiger partial charge in [0.25, 0.3) is 5.91 Å². The third-order valence-corrected chi connectivity index (χ3v) is 6.03. The van der Waals surface area contributed by atoms with Crippen molar-refractivity contribution in [1.82, 2.24) is 20.9 Å². The number of amides is 3. The Bertz CT molecular complexity index is 812. The highest BCUT2D eigenvalue weighted by atomic mass is 16.5. The fraction of sp³-hybridized carbons (Fsp3) is 0.571. The molecule has 3 heterocycles. The van der Waals surface area contributed by atoms with E-state index in [0.29, 0.717) is 37.0 Å². The molecular formula is C21H28N4O4. The summed E-state index contributed by atoms with van der Waals surface area (Å²) in [5.41, 5.74) is 2.64. The highest BCUT2D eigenvalue weighted by molar-refractivity contribution is 6.05. The van der Waals surface area contributed by atoms with E-state index in [1.165, 1.54) is 0 Å². The van der Waals surface area contributed by atoms with E-state index in [-0.39, 0.29) is 24.1 Å². The molecule has 2 fully saturated rings. The molecule has 8 heteroatoms. The van der Waals surface area contributed by atoms with Gasteiger partial charge in [0.15, 0.2) is 0 Å². The van der Waals surface area contributed by atoms with Gasteiger partial charge in [0.2, 0.25) is 11.8 Å². The predicted molar refractivity (Wildman–Crippen MR) is 106 cm³/mol. The largest absolute Gasteiger partial charge is 0.384 e. The Kier molecular flexibility index (Phi) is 5.94. The zero-order chi connectivity index (χ0) is 20.4. The molecule has 156 valence electrons. The van der Waals surface area contributed by atoms with Crippen molar-refractivity contribution >= 4 is 17.7 Å². The summed E-state index contributed by atoms with van der Waals surface area (Å²) >= 11 is 0. The van der Waals surface area contributed by atoms with E-state index in [1.54, 1.807) is 12.0 Å². The van der Waals surface area contributed by atoms with Crippen molar-refractivity contribution in [3.05, 3.63) is 34.9 Å². The molecule has 3 atom stereocenters. The molecule has 29 heavy (non-hydrogen) atoms. The molecule has 8 nitrogen and oxygen atoms in total. The van der Waals surface area contributed by atoms with Crippen LogP contribution in [-0.4, -0.2) is 61.5 Å². The zero-order valence-corrected chi connectivity index (χ0v) is 16.7. The van der Waals surface area contributed by atoms with E-state index >= 15 is 0 Å². The Morgan fingerprint density at radius 2 is 2.14 bits per heavy atom. The number of methoxy groups -OCH3 is 1. The molecule has 2 saturated heterocycles. The fourth-order valence-electron chi connectivity index (χ4n) is 4.52. The van der Waals surface area contributed by atoms with Gasteiger partial charge >= 0.3 is 0 Å². The summed E-state index contributed by atoms with van der Waals surface area (Å²) < 4.78 is 5.23. The standard InChI is InChI=1S/C21H28N4O4/c1-29-12-14-6-16(23-9-14)10-22-8-13-2-3-15-11-25(21(28)17(15)7-13)18-4-5-19(26)24-20(18)27/h2-3,7,14,16,18,22-23H,4-6,8-12H2,1H3,(H,24,26,27)/t14-,16-,18?/m0/s1. The molecule has 0 saturated carbocycles. The molecule has 1 aromatic rings. The van der Waals surface area contributed by atoms with E-state index < -0.39 is 6.04 Å². The second kappa shape index (κ2) is 8.61. The number of rotatable bonds is 7. The number of hydrogen-bond acceptors (Lipinski definition) is 6. The van der Waals surface area contributed by atoms with Gasteiger partial charge in [0, 0.05) is 51.3 Å². The second-order valence-electron chi connectivity index (χ2n) is 8.18. The quantitative estimate of drug-likeness (QED) is 0.564. The lowest BCUT2D eigenvalue weighted by Crippen LogP contribution is -2.52. The van der Waals surface area contributed by atoms with Gasteiger partial charge in [-0.3, -0.25) is 19.7 Å². The number of ether oxygens (including phenoxy) is 1. The summed E-state index contributed by atoms with van der Waals surface area (Å²) in [6.45, 7) is 3.75. The minimum absolute atomic E-state index is 0.129. The van der Waals surface area contributed by atoms with Crippen LogP contribution in [0.5, 0.6) is 0 Å². The maximum atomic E-state index is 12.9. The van der Waals surface area contributed by atoms with Gasteiger partial charge in [-0.25, -0.2) is 0 Å². The van der Waals surface area contributed by atoms with Crippen LogP contribution in [-0.2, 0) is 27.4 Å². The lowest BCUT2D eigenvalue weighted by molar-refractivity contribution is -0.136. The molecule has 1 unspecified atom stereocenters. The first-order valence-electron chi connectivity index (χ1n) is 10.2. The second-order valence-corrected chi connectivity index (χ2v) is 8.18. The highest BCUT2D eigenvalue weighted by Gasteiger charge is 2.39. The number of piperidine rings is 1. The molecule has 0 aromatic heterocycles. The summed E-state index contributed by atoms with van der Waals surface area (Å²) in [6, 6.07) is 5.80. The van der Waals surface area contributed by atoms with Crippen LogP contribution < -0.4 is 16.0 Å². The first-order valence-corrected chi connectivity index (χ1v) is 10.2. The van der Waals surface area contributed by atoms with Crippen molar-refractivity contribution in [2.75, 3.05) is 26.8 Å².